The van der Waals surface area contributed by atoms with Crippen molar-refractivity contribution in [2.75, 3.05) is 0 Å². The van der Waals surface area contributed by atoms with E-state index in [1.165, 1.54) is 25.0 Å². The van der Waals surface area contributed by atoms with Crippen molar-refractivity contribution < 1.29 is 0 Å². The zero-order valence-electron chi connectivity index (χ0n) is 7.43. The van der Waals surface area contributed by atoms with Crippen molar-refractivity contribution in [3.8, 4) is 6.07 Å². The van der Waals surface area contributed by atoms with Gasteiger partial charge in [0, 0.05) is 11.9 Å². The van der Waals surface area contributed by atoms with Crippen LogP contribution in [0.25, 0.3) is 0 Å². The predicted octanol–water partition coefficient (Wildman–Crippen LogP) is 2.62. The molecule has 0 aliphatic heterocycles. The molecule has 0 aliphatic rings. The van der Waals surface area contributed by atoms with Gasteiger partial charge in [-0.15, -0.1) is 0 Å². The quantitative estimate of drug-likeness (QED) is 0.679. The predicted molar refractivity (Wildman–Crippen MR) is 48.7 cm³/mol. The summed E-state index contributed by atoms with van der Waals surface area (Å²) in [6, 6.07) is 4.03. The second kappa shape index (κ2) is 4.61. The van der Waals surface area contributed by atoms with Gasteiger partial charge in [-0.05, 0) is 18.9 Å². The minimum absolute atomic E-state index is 0.737. The molecule has 2 heteroatoms. The van der Waals surface area contributed by atoms with Gasteiger partial charge in [0.05, 0.1) is 5.56 Å². The summed E-state index contributed by atoms with van der Waals surface area (Å²) in [5.41, 5.74) is 1.92. The molecule has 0 saturated heterocycles. The van der Waals surface area contributed by atoms with Gasteiger partial charge in [0.25, 0.3) is 0 Å². The van der Waals surface area contributed by atoms with Crippen LogP contribution in [0, 0.1) is 11.3 Å². The SMILES string of the molecule is CCCCCc1cc(C#N)c[nH]1. The Hall–Kier alpha value is -1.23. The lowest BCUT2D eigenvalue weighted by Gasteiger charge is -1.94. The van der Waals surface area contributed by atoms with Crippen molar-refractivity contribution in [1.29, 1.82) is 5.26 Å². The number of nitrogens with one attached hydrogen (secondary N) is 1. The highest BCUT2D eigenvalue weighted by Gasteiger charge is 1.96. The summed E-state index contributed by atoms with van der Waals surface area (Å²) in [6.07, 6.45) is 6.55. The lowest BCUT2D eigenvalue weighted by Crippen LogP contribution is -1.83. The molecular weight excluding hydrogens is 148 g/mol. The van der Waals surface area contributed by atoms with Gasteiger partial charge in [-0.25, -0.2) is 0 Å². The summed E-state index contributed by atoms with van der Waals surface area (Å²) in [4.78, 5) is 3.09. The van der Waals surface area contributed by atoms with Gasteiger partial charge >= 0.3 is 0 Å². The highest BCUT2D eigenvalue weighted by atomic mass is 14.7. The average molecular weight is 162 g/mol. The topological polar surface area (TPSA) is 39.6 Å². The monoisotopic (exact) mass is 162 g/mol. The van der Waals surface area contributed by atoms with Crippen LogP contribution in [0.4, 0.5) is 0 Å². The molecule has 0 aromatic carbocycles. The number of nitriles is 1. The van der Waals surface area contributed by atoms with Gasteiger partial charge in [0.15, 0.2) is 0 Å². The van der Waals surface area contributed by atoms with E-state index in [9.17, 15) is 0 Å². The van der Waals surface area contributed by atoms with E-state index in [2.05, 4.69) is 18.0 Å². The molecule has 0 unspecified atom stereocenters. The third kappa shape index (κ3) is 2.43. The molecule has 0 amide bonds. The first-order chi connectivity index (χ1) is 5.86. The first-order valence-corrected chi connectivity index (χ1v) is 4.44. The van der Waals surface area contributed by atoms with Crippen LogP contribution in [-0.4, -0.2) is 4.98 Å². The number of aryl methyl sites for hydroxylation is 1. The second-order valence-electron chi connectivity index (χ2n) is 2.98. The first kappa shape index (κ1) is 8.86. The van der Waals surface area contributed by atoms with Crippen molar-refractivity contribution in [3.05, 3.63) is 23.5 Å². The third-order valence-corrected chi connectivity index (χ3v) is 1.92. The first-order valence-electron chi connectivity index (χ1n) is 4.44. The van der Waals surface area contributed by atoms with Gasteiger partial charge in [0.1, 0.15) is 6.07 Å². The van der Waals surface area contributed by atoms with E-state index in [4.69, 9.17) is 5.26 Å². The summed E-state index contributed by atoms with van der Waals surface area (Å²) in [5, 5.41) is 8.55. The van der Waals surface area contributed by atoms with Crippen LogP contribution in [0.15, 0.2) is 12.3 Å². The van der Waals surface area contributed by atoms with E-state index in [1.807, 2.05) is 6.07 Å². The maximum absolute atomic E-state index is 8.55. The van der Waals surface area contributed by atoms with Crippen LogP contribution in [0.5, 0.6) is 0 Å². The minimum atomic E-state index is 0.737. The molecular formula is C10H14N2. The van der Waals surface area contributed by atoms with E-state index in [1.54, 1.807) is 6.20 Å². The lowest BCUT2D eigenvalue weighted by molar-refractivity contribution is 0.709. The van der Waals surface area contributed by atoms with Crippen molar-refractivity contribution in [1.82, 2.24) is 4.98 Å². The summed E-state index contributed by atoms with van der Waals surface area (Å²) in [5.74, 6) is 0. The number of rotatable bonds is 4. The Balaban J connectivity index is 2.38. The molecule has 0 saturated carbocycles. The Morgan fingerprint density at radius 1 is 1.50 bits per heavy atom. The maximum atomic E-state index is 8.55. The van der Waals surface area contributed by atoms with Crippen LogP contribution >= 0.6 is 0 Å². The number of hydrogen-bond acceptors (Lipinski definition) is 1. The second-order valence-corrected chi connectivity index (χ2v) is 2.98. The van der Waals surface area contributed by atoms with E-state index in [0.29, 0.717) is 0 Å². The molecule has 0 atom stereocenters. The van der Waals surface area contributed by atoms with Gasteiger partial charge in [-0.2, -0.15) is 5.26 Å². The molecule has 0 radical (unpaired) electrons. The number of hydrogen-bond donors (Lipinski definition) is 1. The van der Waals surface area contributed by atoms with E-state index in [-0.39, 0.29) is 0 Å². The van der Waals surface area contributed by atoms with Crippen molar-refractivity contribution in [2.45, 2.75) is 32.6 Å². The van der Waals surface area contributed by atoms with Crippen LogP contribution in [0.2, 0.25) is 0 Å². The molecule has 0 bridgehead atoms. The van der Waals surface area contributed by atoms with E-state index >= 15 is 0 Å². The Kier molecular flexibility index (Phi) is 3.40. The fraction of sp³-hybridized carbons (Fsp3) is 0.500. The molecule has 1 N–H and O–H groups in total. The van der Waals surface area contributed by atoms with Gasteiger partial charge in [-0.3, -0.25) is 0 Å². The minimum Gasteiger partial charge on any atom is -0.364 e. The van der Waals surface area contributed by atoms with Crippen LogP contribution in [-0.2, 0) is 6.42 Å². The zero-order valence-corrected chi connectivity index (χ0v) is 7.43. The van der Waals surface area contributed by atoms with Crippen LogP contribution < -0.4 is 0 Å². The van der Waals surface area contributed by atoms with Crippen molar-refractivity contribution >= 4 is 0 Å². The number of unbranched alkanes of at least 4 members (excludes halogenated alkanes) is 2. The summed E-state index contributed by atoms with van der Waals surface area (Å²) >= 11 is 0. The maximum Gasteiger partial charge on any atom is 0.101 e. The molecule has 1 aromatic heterocycles. The molecule has 0 spiro atoms. The molecule has 2 nitrogen and oxygen atoms in total. The number of aromatic amines is 1. The normalized spacial score (nSPS) is 9.67. The van der Waals surface area contributed by atoms with Crippen LogP contribution in [0.1, 0.15) is 37.4 Å². The van der Waals surface area contributed by atoms with Crippen LogP contribution in [0.3, 0.4) is 0 Å². The largest absolute Gasteiger partial charge is 0.364 e. The Morgan fingerprint density at radius 3 is 2.92 bits per heavy atom. The van der Waals surface area contributed by atoms with Gasteiger partial charge in [-0.1, -0.05) is 19.8 Å². The zero-order chi connectivity index (χ0) is 8.81. The van der Waals surface area contributed by atoms with Gasteiger partial charge < -0.3 is 4.98 Å². The number of nitrogens with zero attached hydrogens (tertiary/aromatic N) is 1. The average Bonchev–Trinajstić information content (AvgIpc) is 2.53. The summed E-state index contributed by atoms with van der Waals surface area (Å²) in [7, 11) is 0. The molecule has 0 fully saturated rings. The fourth-order valence-electron chi connectivity index (χ4n) is 1.22. The molecule has 1 heterocycles. The van der Waals surface area contributed by atoms with Crippen molar-refractivity contribution in [2.24, 2.45) is 0 Å². The smallest absolute Gasteiger partial charge is 0.101 e. The molecule has 64 valence electrons. The lowest BCUT2D eigenvalue weighted by atomic mass is 10.1. The molecule has 1 rings (SSSR count). The van der Waals surface area contributed by atoms with Gasteiger partial charge in [0.2, 0.25) is 0 Å². The van der Waals surface area contributed by atoms with Crippen molar-refractivity contribution in [3.63, 3.8) is 0 Å². The summed E-state index contributed by atoms with van der Waals surface area (Å²) < 4.78 is 0. The molecule has 1 aromatic rings. The highest BCUT2D eigenvalue weighted by molar-refractivity contribution is 5.28. The Bertz CT molecular complexity index is 268. The standard InChI is InChI=1S/C10H14N2/c1-2-3-4-5-10-6-9(7-11)8-12-10/h6,8,12H,2-5H2,1H3. The number of aromatic nitrogens is 1. The van der Waals surface area contributed by atoms with E-state index in [0.717, 1.165) is 12.0 Å². The Morgan fingerprint density at radius 2 is 2.33 bits per heavy atom. The summed E-state index contributed by atoms with van der Waals surface area (Å²) in [6.45, 7) is 2.19. The molecule has 0 aliphatic carbocycles. The highest BCUT2D eigenvalue weighted by Crippen LogP contribution is 2.06. The number of H-pyrrole nitrogens is 1. The third-order valence-electron chi connectivity index (χ3n) is 1.92. The molecule has 12 heavy (non-hydrogen) atoms. The Labute approximate surface area is 73.2 Å². The van der Waals surface area contributed by atoms with E-state index < -0.39 is 0 Å². The fourth-order valence-corrected chi connectivity index (χ4v) is 1.22.